The van der Waals surface area contributed by atoms with Gasteiger partial charge in [-0.25, -0.2) is 9.78 Å². The number of esters is 1. The van der Waals surface area contributed by atoms with E-state index in [1.807, 2.05) is 0 Å². The predicted molar refractivity (Wildman–Crippen MR) is 75.7 cm³/mol. The molecular formula is C12H19ClN2O2S. The van der Waals surface area contributed by atoms with Crippen molar-refractivity contribution in [3.8, 4) is 0 Å². The first-order chi connectivity index (χ1) is 8.51. The number of nitrogens with zero attached hydrogens (tertiary/aromatic N) is 1. The summed E-state index contributed by atoms with van der Waals surface area (Å²) in [5, 5.41) is 4.27. The van der Waals surface area contributed by atoms with E-state index in [0.29, 0.717) is 10.0 Å². The van der Waals surface area contributed by atoms with Gasteiger partial charge in [-0.1, -0.05) is 43.7 Å². The highest BCUT2D eigenvalue weighted by Crippen LogP contribution is 2.32. The van der Waals surface area contributed by atoms with E-state index in [-0.39, 0.29) is 10.7 Å². The van der Waals surface area contributed by atoms with Crippen molar-refractivity contribution in [3.63, 3.8) is 0 Å². The maximum absolute atomic E-state index is 11.5. The van der Waals surface area contributed by atoms with Crippen molar-refractivity contribution in [3.05, 3.63) is 10.0 Å². The molecule has 0 saturated carbocycles. The van der Waals surface area contributed by atoms with E-state index in [2.05, 4.69) is 35.8 Å². The number of ether oxygens (including phenoxy) is 1. The Kier molecular flexibility index (Phi) is 5.41. The third kappa shape index (κ3) is 3.14. The minimum Gasteiger partial charge on any atom is -0.465 e. The number of rotatable bonds is 6. The summed E-state index contributed by atoms with van der Waals surface area (Å²) in [6.07, 6.45) is 2.97. The highest BCUT2D eigenvalue weighted by atomic mass is 35.5. The lowest BCUT2D eigenvalue weighted by molar-refractivity contribution is 0.0606. The summed E-state index contributed by atoms with van der Waals surface area (Å²) in [5.74, 6) is -0.444. The lowest BCUT2D eigenvalue weighted by Crippen LogP contribution is -2.35. The number of carbonyl (C=O) groups excluding carboxylic acids is 1. The molecular weight excluding hydrogens is 272 g/mol. The zero-order chi connectivity index (χ0) is 13.8. The molecule has 1 N–H and O–H groups in total. The van der Waals surface area contributed by atoms with Crippen LogP contribution in [0.4, 0.5) is 5.13 Å². The predicted octanol–water partition coefficient (Wildman–Crippen LogP) is 3.96. The van der Waals surface area contributed by atoms with Crippen LogP contribution in [0.15, 0.2) is 0 Å². The number of anilines is 1. The fraction of sp³-hybridized carbons (Fsp3) is 0.667. The lowest BCUT2D eigenvalue weighted by atomic mass is 9.90. The fourth-order valence-electron chi connectivity index (χ4n) is 1.82. The molecule has 0 aromatic carbocycles. The smallest absolute Gasteiger partial charge is 0.351 e. The average molecular weight is 291 g/mol. The van der Waals surface area contributed by atoms with E-state index < -0.39 is 5.97 Å². The van der Waals surface area contributed by atoms with Crippen LogP contribution in [-0.2, 0) is 4.74 Å². The molecule has 1 aromatic heterocycles. The molecule has 0 radical (unpaired) electrons. The SMILES string of the molecule is CCC(CC)(CC)Nc1nc(Cl)c(C(=O)OC)s1. The lowest BCUT2D eigenvalue weighted by Gasteiger charge is -2.31. The van der Waals surface area contributed by atoms with Gasteiger partial charge in [-0.3, -0.25) is 0 Å². The Morgan fingerprint density at radius 2 is 1.94 bits per heavy atom. The van der Waals surface area contributed by atoms with E-state index in [1.54, 1.807) is 0 Å². The number of thiazole rings is 1. The molecule has 0 saturated heterocycles. The minimum atomic E-state index is -0.444. The Morgan fingerprint density at radius 1 is 1.39 bits per heavy atom. The Hall–Kier alpha value is -0.810. The number of hydrogen-bond donors (Lipinski definition) is 1. The summed E-state index contributed by atoms with van der Waals surface area (Å²) in [4.78, 5) is 16.0. The molecule has 0 aliphatic heterocycles. The molecule has 18 heavy (non-hydrogen) atoms. The third-order valence-electron chi connectivity index (χ3n) is 3.36. The summed E-state index contributed by atoms with van der Waals surface area (Å²) in [6, 6.07) is 0. The molecule has 0 unspecified atom stereocenters. The topological polar surface area (TPSA) is 51.2 Å². The van der Waals surface area contributed by atoms with Gasteiger partial charge in [0, 0.05) is 5.54 Å². The molecule has 1 rings (SSSR count). The Morgan fingerprint density at radius 3 is 2.39 bits per heavy atom. The van der Waals surface area contributed by atoms with Gasteiger partial charge in [0.1, 0.15) is 0 Å². The van der Waals surface area contributed by atoms with E-state index in [9.17, 15) is 4.79 Å². The molecule has 0 aliphatic carbocycles. The number of hydrogen-bond acceptors (Lipinski definition) is 5. The van der Waals surface area contributed by atoms with Gasteiger partial charge in [0.05, 0.1) is 7.11 Å². The van der Waals surface area contributed by atoms with E-state index in [1.165, 1.54) is 18.4 Å². The van der Waals surface area contributed by atoms with Crippen LogP contribution in [0, 0.1) is 0 Å². The molecule has 102 valence electrons. The van der Waals surface area contributed by atoms with Crippen molar-refractivity contribution in [1.29, 1.82) is 0 Å². The van der Waals surface area contributed by atoms with Gasteiger partial charge < -0.3 is 10.1 Å². The van der Waals surface area contributed by atoms with Gasteiger partial charge in [0.25, 0.3) is 0 Å². The summed E-state index contributed by atoms with van der Waals surface area (Å²) in [7, 11) is 1.33. The highest BCUT2D eigenvalue weighted by Gasteiger charge is 2.26. The second-order valence-electron chi connectivity index (χ2n) is 4.10. The molecule has 0 aliphatic rings. The van der Waals surface area contributed by atoms with E-state index in [4.69, 9.17) is 11.6 Å². The molecule has 0 fully saturated rings. The molecule has 0 atom stereocenters. The Bertz CT molecular complexity index is 408. The number of aromatic nitrogens is 1. The molecule has 4 nitrogen and oxygen atoms in total. The summed E-state index contributed by atoms with van der Waals surface area (Å²) in [6.45, 7) is 6.41. The van der Waals surface area contributed by atoms with E-state index >= 15 is 0 Å². The van der Waals surface area contributed by atoms with Crippen molar-refractivity contribution in [2.75, 3.05) is 12.4 Å². The number of nitrogens with one attached hydrogen (secondary N) is 1. The second-order valence-corrected chi connectivity index (χ2v) is 5.45. The van der Waals surface area contributed by atoms with Gasteiger partial charge in [-0.15, -0.1) is 0 Å². The van der Waals surface area contributed by atoms with Gasteiger partial charge in [0.15, 0.2) is 15.2 Å². The summed E-state index contributed by atoms with van der Waals surface area (Å²) in [5.41, 5.74) is 0.00850. The number of halogens is 1. The Labute approximate surface area is 117 Å². The van der Waals surface area contributed by atoms with Crippen molar-refractivity contribution in [2.45, 2.75) is 45.6 Å². The van der Waals surface area contributed by atoms with Crippen LogP contribution in [-0.4, -0.2) is 23.6 Å². The van der Waals surface area contributed by atoms with Crippen molar-refractivity contribution in [2.24, 2.45) is 0 Å². The van der Waals surface area contributed by atoms with Crippen LogP contribution in [0.3, 0.4) is 0 Å². The maximum Gasteiger partial charge on any atom is 0.351 e. The molecule has 1 aromatic rings. The molecule has 6 heteroatoms. The highest BCUT2D eigenvalue weighted by molar-refractivity contribution is 7.18. The minimum absolute atomic E-state index is 0.00850. The Balaban J connectivity index is 2.95. The fourth-order valence-corrected chi connectivity index (χ4v) is 3.04. The van der Waals surface area contributed by atoms with Crippen LogP contribution in [0.1, 0.15) is 49.7 Å². The summed E-state index contributed by atoms with van der Waals surface area (Å²) < 4.78 is 4.66. The van der Waals surface area contributed by atoms with Gasteiger partial charge in [0.2, 0.25) is 0 Å². The monoisotopic (exact) mass is 290 g/mol. The van der Waals surface area contributed by atoms with Crippen molar-refractivity contribution >= 4 is 34.0 Å². The van der Waals surface area contributed by atoms with Crippen molar-refractivity contribution < 1.29 is 9.53 Å². The van der Waals surface area contributed by atoms with Crippen LogP contribution in [0.25, 0.3) is 0 Å². The van der Waals surface area contributed by atoms with E-state index in [0.717, 1.165) is 19.3 Å². The van der Waals surface area contributed by atoms with Gasteiger partial charge in [-0.2, -0.15) is 0 Å². The number of carbonyl (C=O) groups is 1. The van der Waals surface area contributed by atoms with Crippen LogP contribution in [0.2, 0.25) is 5.15 Å². The molecule has 0 amide bonds. The largest absolute Gasteiger partial charge is 0.465 e. The quantitative estimate of drug-likeness (QED) is 0.806. The zero-order valence-corrected chi connectivity index (χ0v) is 12.7. The first-order valence-corrected chi connectivity index (χ1v) is 7.24. The van der Waals surface area contributed by atoms with Crippen LogP contribution < -0.4 is 5.32 Å². The first kappa shape index (κ1) is 15.2. The first-order valence-electron chi connectivity index (χ1n) is 6.04. The van der Waals surface area contributed by atoms with Gasteiger partial charge in [-0.05, 0) is 19.3 Å². The standard InChI is InChI=1S/C12H19ClN2O2S/c1-5-12(6-2,7-3)15-11-14-9(13)8(18-11)10(16)17-4/h5-7H2,1-4H3,(H,14,15). The third-order valence-corrected chi connectivity index (χ3v) is 4.70. The average Bonchev–Trinajstić information content (AvgIpc) is 2.76. The van der Waals surface area contributed by atoms with Crippen LogP contribution >= 0.6 is 22.9 Å². The van der Waals surface area contributed by atoms with Crippen molar-refractivity contribution in [1.82, 2.24) is 4.98 Å². The molecule has 0 spiro atoms. The number of methoxy groups -OCH3 is 1. The zero-order valence-electron chi connectivity index (χ0n) is 11.2. The van der Waals surface area contributed by atoms with Gasteiger partial charge >= 0.3 is 5.97 Å². The molecule has 0 bridgehead atoms. The molecule has 1 heterocycles. The summed E-state index contributed by atoms with van der Waals surface area (Å²) >= 11 is 7.17. The van der Waals surface area contributed by atoms with Crippen LogP contribution in [0.5, 0.6) is 0 Å². The normalized spacial score (nSPS) is 11.4. The maximum atomic E-state index is 11.5. The second kappa shape index (κ2) is 6.38.